The number of aromatic nitrogens is 1. The predicted octanol–water partition coefficient (Wildman–Crippen LogP) is 1.19. The summed E-state index contributed by atoms with van der Waals surface area (Å²) < 4.78 is 0. The SMILES string of the molecule is Nc1ccc(CN2CCN(CC3CC3)CC2)nc1. The normalized spacial score (nSPS) is 22.2. The molecule has 0 aromatic carbocycles. The fourth-order valence-electron chi connectivity index (χ4n) is 2.55. The maximum atomic E-state index is 5.65. The molecule has 0 atom stereocenters. The summed E-state index contributed by atoms with van der Waals surface area (Å²) in [5.74, 6) is 1.01. The smallest absolute Gasteiger partial charge is 0.0545 e. The number of nitrogen functional groups attached to an aromatic ring is 1. The van der Waals surface area contributed by atoms with Crippen LogP contribution >= 0.6 is 0 Å². The summed E-state index contributed by atoms with van der Waals surface area (Å²) in [4.78, 5) is 9.47. The zero-order valence-corrected chi connectivity index (χ0v) is 10.9. The summed E-state index contributed by atoms with van der Waals surface area (Å²) in [6, 6.07) is 3.97. The van der Waals surface area contributed by atoms with Gasteiger partial charge in [-0.3, -0.25) is 9.88 Å². The first-order valence-electron chi connectivity index (χ1n) is 6.95. The van der Waals surface area contributed by atoms with Crippen molar-refractivity contribution in [2.75, 3.05) is 38.5 Å². The minimum atomic E-state index is 0.744. The third-order valence-electron chi connectivity index (χ3n) is 3.91. The number of piperazine rings is 1. The van der Waals surface area contributed by atoms with Crippen molar-refractivity contribution in [3.05, 3.63) is 24.0 Å². The molecule has 2 N–H and O–H groups in total. The first-order chi connectivity index (χ1) is 8.79. The molecule has 4 nitrogen and oxygen atoms in total. The number of hydrogen-bond donors (Lipinski definition) is 1. The van der Waals surface area contributed by atoms with Gasteiger partial charge in [-0.15, -0.1) is 0 Å². The van der Waals surface area contributed by atoms with Crippen molar-refractivity contribution in [1.82, 2.24) is 14.8 Å². The Balaban J connectivity index is 1.45. The number of anilines is 1. The van der Waals surface area contributed by atoms with Gasteiger partial charge in [0.15, 0.2) is 0 Å². The number of rotatable bonds is 4. The van der Waals surface area contributed by atoms with Crippen LogP contribution in [0.3, 0.4) is 0 Å². The largest absolute Gasteiger partial charge is 0.397 e. The molecule has 0 unspecified atom stereocenters. The molecule has 1 aliphatic heterocycles. The van der Waals surface area contributed by atoms with E-state index in [1.54, 1.807) is 6.20 Å². The van der Waals surface area contributed by atoms with Crippen LogP contribution in [0.25, 0.3) is 0 Å². The molecule has 18 heavy (non-hydrogen) atoms. The van der Waals surface area contributed by atoms with Gasteiger partial charge in [0, 0.05) is 39.3 Å². The van der Waals surface area contributed by atoms with E-state index < -0.39 is 0 Å². The predicted molar refractivity (Wildman–Crippen MR) is 73.1 cm³/mol. The van der Waals surface area contributed by atoms with Crippen molar-refractivity contribution >= 4 is 5.69 Å². The highest BCUT2D eigenvalue weighted by Gasteiger charge is 2.26. The van der Waals surface area contributed by atoms with E-state index >= 15 is 0 Å². The average molecular weight is 246 g/mol. The Hall–Kier alpha value is -1.13. The second-order valence-corrected chi connectivity index (χ2v) is 5.60. The molecular formula is C14H22N4. The van der Waals surface area contributed by atoms with Crippen molar-refractivity contribution in [2.45, 2.75) is 19.4 Å². The molecule has 4 heteroatoms. The lowest BCUT2D eigenvalue weighted by atomic mass is 10.2. The lowest BCUT2D eigenvalue weighted by Gasteiger charge is -2.34. The molecular weight excluding hydrogens is 224 g/mol. The van der Waals surface area contributed by atoms with Crippen LogP contribution in [0.15, 0.2) is 18.3 Å². The summed E-state index contributed by atoms with van der Waals surface area (Å²) in [5.41, 5.74) is 7.52. The van der Waals surface area contributed by atoms with Gasteiger partial charge in [-0.25, -0.2) is 0 Å². The topological polar surface area (TPSA) is 45.4 Å². The summed E-state index contributed by atoms with van der Waals surface area (Å²) in [6.45, 7) is 7.04. The van der Waals surface area contributed by atoms with Gasteiger partial charge in [-0.05, 0) is 30.9 Å². The van der Waals surface area contributed by atoms with E-state index in [1.165, 1.54) is 45.6 Å². The monoisotopic (exact) mass is 246 g/mol. The van der Waals surface area contributed by atoms with E-state index in [0.717, 1.165) is 23.8 Å². The minimum Gasteiger partial charge on any atom is -0.397 e. The van der Waals surface area contributed by atoms with Crippen LogP contribution in [0.4, 0.5) is 5.69 Å². The molecule has 2 aliphatic rings. The number of pyridine rings is 1. The van der Waals surface area contributed by atoms with E-state index in [9.17, 15) is 0 Å². The van der Waals surface area contributed by atoms with Crippen LogP contribution in [0.1, 0.15) is 18.5 Å². The maximum Gasteiger partial charge on any atom is 0.0545 e. The number of hydrogen-bond acceptors (Lipinski definition) is 4. The molecule has 2 heterocycles. The lowest BCUT2D eigenvalue weighted by molar-refractivity contribution is 0.122. The van der Waals surface area contributed by atoms with Crippen molar-refractivity contribution in [1.29, 1.82) is 0 Å². The molecule has 1 aromatic rings. The highest BCUT2D eigenvalue weighted by molar-refractivity contribution is 5.34. The van der Waals surface area contributed by atoms with E-state index in [-0.39, 0.29) is 0 Å². The van der Waals surface area contributed by atoms with Crippen molar-refractivity contribution in [2.24, 2.45) is 5.92 Å². The van der Waals surface area contributed by atoms with Crippen molar-refractivity contribution in [3.63, 3.8) is 0 Å². The quantitative estimate of drug-likeness (QED) is 0.867. The summed E-state index contributed by atoms with van der Waals surface area (Å²) >= 11 is 0. The second kappa shape index (κ2) is 5.24. The van der Waals surface area contributed by atoms with Crippen LogP contribution in [0.5, 0.6) is 0 Å². The molecule has 3 rings (SSSR count). The Morgan fingerprint density at radius 1 is 1.11 bits per heavy atom. The molecule has 1 aromatic heterocycles. The Labute approximate surface area is 109 Å². The fourth-order valence-corrected chi connectivity index (χ4v) is 2.55. The Bertz CT molecular complexity index is 377. The highest BCUT2D eigenvalue weighted by Crippen LogP contribution is 2.29. The van der Waals surface area contributed by atoms with Crippen molar-refractivity contribution < 1.29 is 0 Å². The van der Waals surface area contributed by atoms with Gasteiger partial charge in [0.2, 0.25) is 0 Å². The van der Waals surface area contributed by atoms with Gasteiger partial charge < -0.3 is 10.6 Å². The summed E-state index contributed by atoms with van der Waals surface area (Å²) in [7, 11) is 0. The highest BCUT2D eigenvalue weighted by atomic mass is 15.3. The molecule has 98 valence electrons. The fraction of sp³-hybridized carbons (Fsp3) is 0.643. The second-order valence-electron chi connectivity index (χ2n) is 5.60. The molecule has 1 saturated heterocycles. The van der Waals surface area contributed by atoms with E-state index in [0.29, 0.717) is 0 Å². The average Bonchev–Trinajstić information content (AvgIpc) is 3.19. The molecule has 2 fully saturated rings. The first-order valence-corrected chi connectivity index (χ1v) is 6.95. The van der Waals surface area contributed by atoms with Crippen LogP contribution < -0.4 is 5.73 Å². The van der Waals surface area contributed by atoms with Gasteiger partial charge in [0.1, 0.15) is 0 Å². The third kappa shape index (κ3) is 3.21. The first kappa shape index (κ1) is 11.9. The maximum absolute atomic E-state index is 5.65. The molecule has 0 radical (unpaired) electrons. The summed E-state index contributed by atoms with van der Waals surface area (Å²) in [5, 5.41) is 0. The van der Waals surface area contributed by atoms with Crippen LogP contribution in [-0.2, 0) is 6.54 Å². The van der Waals surface area contributed by atoms with Crippen LogP contribution in [-0.4, -0.2) is 47.5 Å². The molecule has 0 spiro atoms. The van der Waals surface area contributed by atoms with E-state index in [2.05, 4.69) is 14.8 Å². The van der Waals surface area contributed by atoms with Crippen LogP contribution in [0, 0.1) is 5.92 Å². The standard InChI is InChI=1S/C14H22N4/c15-13-3-4-14(16-9-13)11-18-7-5-17(6-8-18)10-12-1-2-12/h3-4,9,12H,1-2,5-8,10-11,15H2. The van der Waals surface area contributed by atoms with Gasteiger partial charge in [-0.2, -0.15) is 0 Å². The zero-order chi connectivity index (χ0) is 12.4. The van der Waals surface area contributed by atoms with E-state index in [1.807, 2.05) is 12.1 Å². The van der Waals surface area contributed by atoms with Crippen molar-refractivity contribution in [3.8, 4) is 0 Å². The summed E-state index contributed by atoms with van der Waals surface area (Å²) in [6.07, 6.45) is 4.66. The third-order valence-corrected chi connectivity index (χ3v) is 3.91. The Morgan fingerprint density at radius 3 is 2.44 bits per heavy atom. The number of nitrogens with zero attached hydrogens (tertiary/aromatic N) is 3. The Morgan fingerprint density at radius 2 is 1.83 bits per heavy atom. The zero-order valence-electron chi connectivity index (χ0n) is 10.9. The molecule has 0 amide bonds. The van der Waals surface area contributed by atoms with Gasteiger partial charge in [0.05, 0.1) is 17.6 Å². The molecule has 1 saturated carbocycles. The van der Waals surface area contributed by atoms with Gasteiger partial charge in [-0.1, -0.05) is 0 Å². The minimum absolute atomic E-state index is 0.744. The van der Waals surface area contributed by atoms with Gasteiger partial charge in [0.25, 0.3) is 0 Å². The lowest BCUT2D eigenvalue weighted by Crippen LogP contribution is -2.46. The van der Waals surface area contributed by atoms with Crippen LogP contribution in [0.2, 0.25) is 0 Å². The molecule has 0 bridgehead atoms. The molecule has 1 aliphatic carbocycles. The number of nitrogens with two attached hydrogens (primary N) is 1. The van der Waals surface area contributed by atoms with Gasteiger partial charge >= 0.3 is 0 Å². The van der Waals surface area contributed by atoms with E-state index in [4.69, 9.17) is 5.73 Å². The Kier molecular flexibility index (Phi) is 3.48.